The average Bonchev–Trinajstić information content (AvgIpc) is 3.30. The predicted octanol–water partition coefficient (Wildman–Crippen LogP) is 4.10. The van der Waals surface area contributed by atoms with Crippen molar-refractivity contribution in [3.8, 4) is 12.0 Å². The van der Waals surface area contributed by atoms with Crippen molar-refractivity contribution < 1.29 is 9.32 Å². The third kappa shape index (κ3) is 4.48. The second-order valence-electron chi connectivity index (χ2n) is 9.47. The highest BCUT2D eigenvalue weighted by Crippen LogP contribution is 2.27. The van der Waals surface area contributed by atoms with Crippen molar-refractivity contribution in [1.82, 2.24) is 24.7 Å². The fourth-order valence-electron chi connectivity index (χ4n) is 3.34. The Labute approximate surface area is 197 Å². The van der Waals surface area contributed by atoms with Crippen LogP contribution in [0.2, 0.25) is 0 Å². The molecule has 1 amide bonds. The van der Waals surface area contributed by atoms with Gasteiger partial charge in [0, 0.05) is 34.7 Å². The van der Waals surface area contributed by atoms with Gasteiger partial charge < -0.3 is 15.2 Å². The van der Waals surface area contributed by atoms with Crippen molar-refractivity contribution in [3.63, 3.8) is 0 Å². The van der Waals surface area contributed by atoms with Gasteiger partial charge in [-0.25, -0.2) is 19.5 Å². The van der Waals surface area contributed by atoms with E-state index in [0.717, 1.165) is 29.8 Å². The molecule has 1 saturated carbocycles. The van der Waals surface area contributed by atoms with Gasteiger partial charge >= 0.3 is 0 Å². The van der Waals surface area contributed by atoms with Gasteiger partial charge in [0.05, 0.1) is 0 Å². The molecule has 0 saturated heterocycles. The maximum atomic E-state index is 12.8. The second kappa shape index (κ2) is 8.30. The Hall–Kier alpha value is -4.19. The van der Waals surface area contributed by atoms with Crippen LogP contribution in [0.15, 0.2) is 41.4 Å². The minimum absolute atomic E-state index is 0.195. The molecule has 1 aromatic carbocycles. The van der Waals surface area contributed by atoms with Crippen molar-refractivity contribution in [1.29, 1.82) is 0 Å². The predicted molar refractivity (Wildman–Crippen MR) is 129 cm³/mol. The zero-order valence-corrected chi connectivity index (χ0v) is 19.5. The number of aromatic nitrogens is 5. The molecule has 2 N–H and O–H groups in total. The van der Waals surface area contributed by atoms with Gasteiger partial charge in [-0.3, -0.25) is 4.79 Å². The summed E-state index contributed by atoms with van der Waals surface area (Å²) in [6.45, 7) is 8.00. The lowest BCUT2D eigenvalue weighted by Crippen LogP contribution is -2.13. The quantitative estimate of drug-likeness (QED) is 0.446. The van der Waals surface area contributed by atoms with Crippen LogP contribution in [0.25, 0.3) is 11.2 Å². The van der Waals surface area contributed by atoms with Gasteiger partial charge in [0.2, 0.25) is 0 Å². The van der Waals surface area contributed by atoms with E-state index in [-0.39, 0.29) is 11.3 Å². The van der Waals surface area contributed by atoms with Crippen molar-refractivity contribution >= 4 is 28.7 Å². The summed E-state index contributed by atoms with van der Waals surface area (Å²) in [6.07, 6.45) is 5.43. The number of hydrogen-bond donors (Lipinski definition) is 2. The van der Waals surface area contributed by atoms with Crippen LogP contribution in [0, 0.1) is 18.9 Å². The number of carbonyl (C=O) groups excluding carboxylic acids is 1. The number of amides is 1. The molecular formula is C25H25N7O2. The second-order valence-corrected chi connectivity index (χ2v) is 9.47. The Kier molecular flexibility index (Phi) is 5.28. The standard InChI is InChI=1S/C25H25N7O2/c1-15-5-6-17(24(33)30-20-12-19(34-31-20)25(2,3)4)11-16(15)9-10-32-14-28-21-22(29-18-7-8-18)26-13-27-23(21)32/h5-6,11-14,18H,7-8H2,1-4H3,(H,26,27,29)(H,30,31,33). The van der Waals surface area contributed by atoms with Crippen LogP contribution < -0.4 is 10.6 Å². The highest BCUT2D eigenvalue weighted by atomic mass is 16.5. The lowest BCUT2D eigenvalue weighted by atomic mass is 9.93. The number of nitrogens with zero attached hydrogens (tertiary/aromatic N) is 5. The summed E-state index contributed by atoms with van der Waals surface area (Å²) in [7, 11) is 0. The number of hydrogen-bond acceptors (Lipinski definition) is 7. The van der Waals surface area contributed by atoms with E-state index in [0.29, 0.717) is 34.3 Å². The normalized spacial score (nSPS) is 13.4. The van der Waals surface area contributed by atoms with E-state index in [1.165, 1.54) is 6.33 Å². The van der Waals surface area contributed by atoms with E-state index in [1.807, 2.05) is 33.8 Å². The molecule has 5 rings (SSSR count). The van der Waals surface area contributed by atoms with E-state index >= 15 is 0 Å². The van der Waals surface area contributed by atoms with Crippen LogP contribution in [0.1, 0.15) is 60.9 Å². The largest absolute Gasteiger partial charge is 0.365 e. The van der Waals surface area contributed by atoms with Crippen LogP contribution in [0.3, 0.4) is 0 Å². The first-order valence-electron chi connectivity index (χ1n) is 11.1. The number of rotatable bonds is 4. The molecule has 1 aliphatic rings. The van der Waals surface area contributed by atoms with Crippen LogP contribution in [-0.4, -0.2) is 36.6 Å². The van der Waals surface area contributed by atoms with Crippen molar-refractivity contribution in [2.75, 3.05) is 10.6 Å². The lowest BCUT2D eigenvalue weighted by Gasteiger charge is -2.12. The Bertz CT molecular complexity index is 1450. The zero-order valence-electron chi connectivity index (χ0n) is 19.5. The molecule has 0 bridgehead atoms. The minimum atomic E-state index is -0.284. The number of fused-ring (bicyclic) bond motifs is 1. The van der Waals surface area contributed by atoms with Crippen LogP contribution in [0.4, 0.5) is 11.6 Å². The van der Waals surface area contributed by atoms with Gasteiger partial charge in [0.15, 0.2) is 22.8 Å². The van der Waals surface area contributed by atoms with Gasteiger partial charge in [-0.2, -0.15) is 0 Å². The molecule has 3 aromatic heterocycles. The maximum Gasteiger partial charge on any atom is 0.256 e. The molecule has 34 heavy (non-hydrogen) atoms. The molecule has 9 heteroatoms. The first kappa shape index (κ1) is 21.6. The Balaban J connectivity index is 1.38. The third-order valence-corrected chi connectivity index (χ3v) is 5.55. The molecule has 0 atom stereocenters. The molecule has 0 unspecified atom stereocenters. The summed E-state index contributed by atoms with van der Waals surface area (Å²) in [5, 5.41) is 10.1. The topological polar surface area (TPSA) is 111 Å². The first-order valence-corrected chi connectivity index (χ1v) is 11.1. The van der Waals surface area contributed by atoms with Gasteiger partial charge in [-0.15, -0.1) is 0 Å². The average molecular weight is 456 g/mol. The third-order valence-electron chi connectivity index (χ3n) is 5.55. The molecule has 3 heterocycles. The summed E-state index contributed by atoms with van der Waals surface area (Å²) >= 11 is 0. The lowest BCUT2D eigenvalue weighted by molar-refractivity contribution is 0.102. The number of carbonyl (C=O) groups is 1. The number of imidazole rings is 1. The molecule has 0 aliphatic heterocycles. The summed E-state index contributed by atoms with van der Waals surface area (Å²) in [6, 6.07) is 10.7. The molecule has 0 radical (unpaired) electrons. The van der Waals surface area contributed by atoms with Crippen LogP contribution >= 0.6 is 0 Å². The van der Waals surface area contributed by atoms with Crippen molar-refractivity contribution in [2.24, 2.45) is 0 Å². The highest BCUT2D eigenvalue weighted by Gasteiger charge is 2.23. The van der Waals surface area contributed by atoms with Crippen LogP contribution in [0.5, 0.6) is 0 Å². The first-order chi connectivity index (χ1) is 16.3. The van der Waals surface area contributed by atoms with Crippen molar-refractivity contribution in [2.45, 2.75) is 52.0 Å². The van der Waals surface area contributed by atoms with Gasteiger partial charge in [0.1, 0.15) is 18.4 Å². The Morgan fingerprint density at radius 2 is 2.00 bits per heavy atom. The molecule has 4 aromatic rings. The Morgan fingerprint density at radius 3 is 2.74 bits per heavy atom. The number of anilines is 2. The van der Waals surface area contributed by atoms with Gasteiger partial charge in [-0.1, -0.05) is 32.0 Å². The molecule has 1 aliphatic carbocycles. The maximum absolute atomic E-state index is 12.8. The number of nitrogens with one attached hydrogen (secondary N) is 2. The van der Waals surface area contributed by atoms with E-state index < -0.39 is 0 Å². The zero-order chi connectivity index (χ0) is 23.9. The summed E-state index contributed by atoms with van der Waals surface area (Å²) in [5.74, 6) is 4.66. The van der Waals surface area contributed by atoms with Crippen LogP contribution in [-0.2, 0) is 5.41 Å². The van der Waals surface area contributed by atoms with Crippen molar-refractivity contribution in [3.05, 3.63) is 59.4 Å². The highest BCUT2D eigenvalue weighted by molar-refractivity contribution is 6.04. The summed E-state index contributed by atoms with van der Waals surface area (Å²) in [4.78, 5) is 25.9. The van der Waals surface area contributed by atoms with E-state index in [2.05, 4.69) is 42.7 Å². The molecular weight excluding hydrogens is 430 g/mol. The smallest absolute Gasteiger partial charge is 0.256 e. The molecule has 1 fully saturated rings. The number of aryl methyl sites for hydroxylation is 1. The molecule has 0 spiro atoms. The fraction of sp³-hybridized carbons (Fsp3) is 0.320. The summed E-state index contributed by atoms with van der Waals surface area (Å²) in [5.41, 5.74) is 3.29. The van der Waals surface area contributed by atoms with E-state index in [1.54, 1.807) is 29.1 Å². The van der Waals surface area contributed by atoms with E-state index in [4.69, 9.17) is 4.52 Å². The fourth-order valence-corrected chi connectivity index (χ4v) is 3.34. The summed E-state index contributed by atoms with van der Waals surface area (Å²) < 4.78 is 7.02. The monoisotopic (exact) mass is 455 g/mol. The van der Waals surface area contributed by atoms with E-state index in [9.17, 15) is 4.79 Å². The number of benzene rings is 1. The SMILES string of the molecule is Cc1ccc(C(=O)Nc2cc(C(C)(C)C)on2)cc1C#Cn1cnc2c(NC3CC3)ncnc21. The molecule has 9 nitrogen and oxygen atoms in total. The minimum Gasteiger partial charge on any atom is -0.365 e. The van der Waals surface area contributed by atoms with Gasteiger partial charge in [-0.05, 0) is 43.4 Å². The van der Waals surface area contributed by atoms with Gasteiger partial charge in [0.25, 0.3) is 5.91 Å². The molecule has 172 valence electrons. The Morgan fingerprint density at radius 1 is 1.18 bits per heavy atom.